The van der Waals surface area contributed by atoms with Crippen LogP contribution in [0, 0.1) is 0 Å². The van der Waals surface area contributed by atoms with Gasteiger partial charge in [0, 0.05) is 44.2 Å². The Hall–Kier alpha value is -1.45. The summed E-state index contributed by atoms with van der Waals surface area (Å²) in [6.45, 7) is 0. The molecule has 0 saturated carbocycles. The lowest BCUT2D eigenvalue weighted by Crippen LogP contribution is -2.00. The van der Waals surface area contributed by atoms with Gasteiger partial charge in [0.1, 0.15) is 6.10 Å². The summed E-state index contributed by atoms with van der Waals surface area (Å²) < 4.78 is 0. The lowest BCUT2D eigenvalue weighted by Gasteiger charge is -2.14. The Morgan fingerprint density at radius 3 is 2.18 bits per heavy atom. The molecule has 3 aromatic rings. The van der Waals surface area contributed by atoms with Gasteiger partial charge in [-0.15, -0.1) is 0 Å². The molecule has 0 aliphatic rings. The average molecular weight is 353 g/mol. The summed E-state index contributed by atoms with van der Waals surface area (Å²) >= 11 is 18.0. The van der Waals surface area contributed by atoms with Crippen LogP contribution in [0.2, 0.25) is 15.1 Å². The predicted molar refractivity (Wildman–Crippen MR) is 91.8 cm³/mol. The van der Waals surface area contributed by atoms with E-state index in [9.17, 15) is 5.11 Å². The molecule has 5 heteroatoms. The molecule has 1 atom stereocenters. The van der Waals surface area contributed by atoms with Crippen molar-refractivity contribution >= 4 is 34.8 Å². The van der Waals surface area contributed by atoms with Crippen molar-refractivity contribution in [3.63, 3.8) is 0 Å². The Balaban J connectivity index is 2.02. The van der Waals surface area contributed by atoms with Crippen LogP contribution >= 0.6 is 34.8 Å². The summed E-state index contributed by atoms with van der Waals surface area (Å²) in [5, 5.41) is 12.3. The normalized spacial score (nSPS) is 12.4. The number of aliphatic hydroxyl groups excluding tert-OH is 1. The third kappa shape index (κ3) is 3.01. The fraction of sp³-hybridized carbons (Fsp3) is 0.0588. The number of hydrogen-bond acceptors (Lipinski definition) is 1. The van der Waals surface area contributed by atoms with Gasteiger partial charge in [-0.05, 0) is 29.8 Å². The summed E-state index contributed by atoms with van der Waals surface area (Å²) in [5.41, 5.74) is 3.22. The van der Waals surface area contributed by atoms with Gasteiger partial charge in [-0.1, -0.05) is 53.0 Å². The Morgan fingerprint density at radius 2 is 1.50 bits per heavy atom. The van der Waals surface area contributed by atoms with Crippen molar-refractivity contribution in [2.75, 3.05) is 0 Å². The molecule has 1 aromatic heterocycles. The Labute approximate surface area is 143 Å². The molecule has 0 bridgehead atoms. The third-order valence-corrected chi connectivity index (χ3v) is 4.30. The summed E-state index contributed by atoms with van der Waals surface area (Å²) in [6.07, 6.45) is 2.76. The van der Waals surface area contributed by atoms with Crippen LogP contribution < -0.4 is 0 Å². The maximum absolute atomic E-state index is 10.7. The summed E-state index contributed by atoms with van der Waals surface area (Å²) in [6, 6.07) is 12.5. The van der Waals surface area contributed by atoms with Crippen molar-refractivity contribution in [2.45, 2.75) is 6.10 Å². The second-order valence-electron chi connectivity index (χ2n) is 4.90. The quantitative estimate of drug-likeness (QED) is 0.621. The van der Waals surface area contributed by atoms with E-state index in [1.165, 1.54) is 0 Å². The standard InChI is InChI=1S/C17H12Cl3NO/c18-11-3-1-10(2-4-11)14-8-21-9-15(14)17(22)13-6-5-12(19)7-16(13)20/h1-9,17,21-22H/t17-/m1/s1. The lowest BCUT2D eigenvalue weighted by molar-refractivity contribution is 0.221. The van der Waals surface area contributed by atoms with Crippen LogP contribution in [0.1, 0.15) is 17.2 Å². The number of aromatic nitrogens is 1. The van der Waals surface area contributed by atoms with Crippen LogP contribution in [0.3, 0.4) is 0 Å². The minimum absolute atomic E-state index is 0.434. The molecule has 2 nitrogen and oxygen atoms in total. The van der Waals surface area contributed by atoms with Crippen molar-refractivity contribution in [3.05, 3.63) is 81.1 Å². The minimum Gasteiger partial charge on any atom is -0.384 e. The molecule has 2 aromatic carbocycles. The van der Waals surface area contributed by atoms with E-state index in [2.05, 4.69) is 4.98 Å². The van der Waals surface area contributed by atoms with E-state index >= 15 is 0 Å². The molecule has 22 heavy (non-hydrogen) atoms. The van der Waals surface area contributed by atoms with E-state index in [1.54, 1.807) is 24.4 Å². The van der Waals surface area contributed by atoms with Gasteiger partial charge in [0.15, 0.2) is 0 Å². The second kappa shape index (κ2) is 6.35. The van der Waals surface area contributed by atoms with Gasteiger partial charge >= 0.3 is 0 Å². The van der Waals surface area contributed by atoms with Crippen LogP contribution in [-0.2, 0) is 0 Å². The van der Waals surface area contributed by atoms with E-state index in [0.29, 0.717) is 20.6 Å². The minimum atomic E-state index is -0.846. The molecule has 0 fully saturated rings. The molecule has 0 radical (unpaired) electrons. The highest BCUT2D eigenvalue weighted by Gasteiger charge is 2.19. The molecule has 1 heterocycles. The summed E-state index contributed by atoms with van der Waals surface area (Å²) in [4.78, 5) is 3.03. The fourth-order valence-corrected chi connectivity index (χ4v) is 3.01. The first-order chi connectivity index (χ1) is 10.6. The van der Waals surface area contributed by atoms with Gasteiger partial charge in [0.05, 0.1) is 0 Å². The Kier molecular flexibility index (Phi) is 4.46. The molecule has 2 N–H and O–H groups in total. The highest BCUT2D eigenvalue weighted by molar-refractivity contribution is 6.35. The number of hydrogen-bond donors (Lipinski definition) is 2. The Morgan fingerprint density at radius 1 is 0.818 bits per heavy atom. The molecule has 3 rings (SSSR count). The number of H-pyrrole nitrogens is 1. The number of aromatic amines is 1. The van der Waals surface area contributed by atoms with E-state index in [0.717, 1.165) is 16.7 Å². The monoisotopic (exact) mass is 351 g/mol. The summed E-state index contributed by atoms with van der Waals surface area (Å²) in [7, 11) is 0. The lowest BCUT2D eigenvalue weighted by atomic mass is 9.97. The molecule has 0 aliphatic heterocycles. The van der Waals surface area contributed by atoms with Gasteiger partial charge in [0.2, 0.25) is 0 Å². The van der Waals surface area contributed by atoms with Crippen LogP contribution in [0.15, 0.2) is 54.9 Å². The highest BCUT2D eigenvalue weighted by atomic mass is 35.5. The molecular formula is C17H12Cl3NO. The maximum atomic E-state index is 10.7. The molecular weight excluding hydrogens is 341 g/mol. The van der Waals surface area contributed by atoms with Crippen molar-refractivity contribution in [1.29, 1.82) is 0 Å². The zero-order chi connectivity index (χ0) is 15.7. The van der Waals surface area contributed by atoms with Crippen molar-refractivity contribution < 1.29 is 5.11 Å². The van der Waals surface area contributed by atoms with Crippen LogP contribution in [0.5, 0.6) is 0 Å². The maximum Gasteiger partial charge on any atom is 0.108 e. The van der Waals surface area contributed by atoms with Gasteiger partial charge in [-0.2, -0.15) is 0 Å². The van der Waals surface area contributed by atoms with E-state index in [4.69, 9.17) is 34.8 Å². The number of rotatable bonds is 3. The number of halogens is 3. The topological polar surface area (TPSA) is 36.0 Å². The first kappa shape index (κ1) is 15.4. The number of aliphatic hydroxyl groups is 1. The average Bonchev–Trinajstić information content (AvgIpc) is 2.97. The predicted octanol–water partition coefficient (Wildman–Crippen LogP) is 5.72. The first-order valence-electron chi connectivity index (χ1n) is 6.62. The summed E-state index contributed by atoms with van der Waals surface area (Å²) in [5.74, 6) is 0. The van der Waals surface area contributed by atoms with Crippen molar-refractivity contribution in [1.82, 2.24) is 4.98 Å². The molecule has 112 valence electrons. The van der Waals surface area contributed by atoms with Crippen molar-refractivity contribution in [2.24, 2.45) is 0 Å². The zero-order valence-corrected chi connectivity index (χ0v) is 13.6. The first-order valence-corrected chi connectivity index (χ1v) is 7.75. The molecule has 0 unspecified atom stereocenters. The SMILES string of the molecule is O[C@H](c1ccc(Cl)cc1Cl)c1c[nH]cc1-c1ccc(Cl)cc1. The number of nitrogens with one attached hydrogen (secondary N) is 1. The van der Waals surface area contributed by atoms with Gasteiger partial charge in [0.25, 0.3) is 0 Å². The van der Waals surface area contributed by atoms with E-state index in [-0.39, 0.29) is 0 Å². The molecule has 0 spiro atoms. The fourth-order valence-electron chi connectivity index (χ4n) is 2.37. The van der Waals surface area contributed by atoms with Crippen molar-refractivity contribution in [3.8, 4) is 11.1 Å². The second-order valence-corrected chi connectivity index (χ2v) is 6.18. The zero-order valence-electron chi connectivity index (χ0n) is 11.4. The number of benzene rings is 2. The molecule has 0 amide bonds. The van der Waals surface area contributed by atoms with Crippen LogP contribution in [-0.4, -0.2) is 10.1 Å². The van der Waals surface area contributed by atoms with Gasteiger partial charge < -0.3 is 10.1 Å². The van der Waals surface area contributed by atoms with Gasteiger partial charge in [-0.3, -0.25) is 0 Å². The van der Waals surface area contributed by atoms with Crippen LogP contribution in [0.4, 0.5) is 0 Å². The van der Waals surface area contributed by atoms with Gasteiger partial charge in [-0.25, -0.2) is 0 Å². The Bertz CT molecular complexity index is 796. The third-order valence-electron chi connectivity index (χ3n) is 3.48. The smallest absolute Gasteiger partial charge is 0.108 e. The van der Waals surface area contributed by atoms with E-state index in [1.807, 2.05) is 30.5 Å². The highest BCUT2D eigenvalue weighted by Crippen LogP contribution is 2.35. The van der Waals surface area contributed by atoms with Crippen LogP contribution in [0.25, 0.3) is 11.1 Å². The largest absolute Gasteiger partial charge is 0.384 e. The molecule has 0 saturated heterocycles. The molecule has 0 aliphatic carbocycles. The van der Waals surface area contributed by atoms with E-state index < -0.39 is 6.10 Å².